The van der Waals surface area contributed by atoms with Crippen LogP contribution in [0.25, 0.3) is 0 Å². The van der Waals surface area contributed by atoms with Crippen LogP contribution in [0.15, 0.2) is 12.7 Å². The fraction of sp³-hybridized carbons (Fsp3) is 0.750. The van der Waals surface area contributed by atoms with Crippen molar-refractivity contribution in [3.05, 3.63) is 12.7 Å². The van der Waals surface area contributed by atoms with E-state index in [9.17, 15) is 13.2 Å². The third-order valence-corrected chi connectivity index (χ3v) is 4.53. The van der Waals surface area contributed by atoms with Crippen LogP contribution in [-0.2, 0) is 14.8 Å². The van der Waals surface area contributed by atoms with Crippen molar-refractivity contribution in [3.63, 3.8) is 0 Å². The van der Waals surface area contributed by atoms with Gasteiger partial charge in [0, 0.05) is 19.1 Å². The molecular formula is C12H23N5O3S. The highest BCUT2D eigenvalue weighted by Gasteiger charge is 2.20. The van der Waals surface area contributed by atoms with E-state index in [0.717, 1.165) is 0 Å². The quantitative estimate of drug-likeness (QED) is 0.682. The van der Waals surface area contributed by atoms with Crippen LogP contribution in [0.5, 0.6) is 0 Å². The summed E-state index contributed by atoms with van der Waals surface area (Å²) in [5.74, 6) is -0.170. The monoisotopic (exact) mass is 317 g/mol. The Balaban J connectivity index is 2.38. The van der Waals surface area contributed by atoms with Gasteiger partial charge in [0.25, 0.3) is 0 Å². The van der Waals surface area contributed by atoms with Gasteiger partial charge in [-0.3, -0.25) is 4.79 Å². The van der Waals surface area contributed by atoms with Crippen LogP contribution >= 0.6 is 0 Å². The maximum atomic E-state index is 11.9. The summed E-state index contributed by atoms with van der Waals surface area (Å²) in [5, 5.41) is 6.67. The molecule has 0 fully saturated rings. The Hall–Kier alpha value is -1.48. The van der Waals surface area contributed by atoms with Gasteiger partial charge < -0.3 is 5.32 Å². The Kier molecular flexibility index (Phi) is 6.28. The minimum absolute atomic E-state index is 0.0928. The van der Waals surface area contributed by atoms with E-state index in [0.29, 0.717) is 19.5 Å². The molecule has 1 unspecified atom stereocenters. The topological polar surface area (TPSA) is 97.2 Å². The molecule has 0 saturated heterocycles. The molecule has 9 heteroatoms. The molecule has 1 rings (SSSR count). The van der Waals surface area contributed by atoms with Crippen LogP contribution in [0.3, 0.4) is 0 Å². The smallest absolute Gasteiger partial charge is 0.244 e. The molecule has 8 nitrogen and oxygen atoms in total. The average Bonchev–Trinajstić information content (AvgIpc) is 2.88. The van der Waals surface area contributed by atoms with Crippen LogP contribution in [0.4, 0.5) is 0 Å². The number of hydrogen-bond donors (Lipinski definition) is 1. The van der Waals surface area contributed by atoms with E-state index in [1.54, 1.807) is 6.92 Å². The van der Waals surface area contributed by atoms with Gasteiger partial charge in [-0.1, -0.05) is 0 Å². The molecule has 0 spiro atoms. The van der Waals surface area contributed by atoms with E-state index >= 15 is 0 Å². The van der Waals surface area contributed by atoms with Gasteiger partial charge in [-0.05, 0) is 27.2 Å². The van der Waals surface area contributed by atoms with Crippen LogP contribution in [-0.4, -0.2) is 58.8 Å². The number of rotatable bonds is 8. The predicted octanol–water partition coefficient (Wildman–Crippen LogP) is 0.0154. The number of sulfonamides is 1. The summed E-state index contributed by atoms with van der Waals surface area (Å²) in [6.45, 7) is 6.17. The van der Waals surface area contributed by atoms with Gasteiger partial charge in [0.2, 0.25) is 15.9 Å². The second-order valence-corrected chi connectivity index (χ2v) is 7.10. The van der Waals surface area contributed by atoms with Crippen molar-refractivity contribution >= 4 is 15.9 Å². The minimum Gasteiger partial charge on any atom is -0.354 e. The summed E-state index contributed by atoms with van der Waals surface area (Å²) in [6.07, 6.45) is 4.60. The predicted molar refractivity (Wildman–Crippen MR) is 79.0 cm³/mol. The van der Waals surface area contributed by atoms with E-state index in [1.165, 1.54) is 27.9 Å². The van der Waals surface area contributed by atoms with Crippen LogP contribution in [0.2, 0.25) is 0 Å². The fourth-order valence-corrected chi connectivity index (χ4v) is 3.17. The van der Waals surface area contributed by atoms with Crippen molar-refractivity contribution in [1.82, 2.24) is 24.4 Å². The Labute approximate surface area is 125 Å². The van der Waals surface area contributed by atoms with Crippen molar-refractivity contribution in [2.45, 2.75) is 39.3 Å². The van der Waals surface area contributed by atoms with Crippen molar-refractivity contribution < 1.29 is 13.2 Å². The Morgan fingerprint density at radius 2 is 2.05 bits per heavy atom. The number of nitrogens with zero attached hydrogens (tertiary/aromatic N) is 4. The lowest BCUT2D eigenvalue weighted by Gasteiger charge is -2.24. The molecule has 0 bridgehead atoms. The van der Waals surface area contributed by atoms with Crippen LogP contribution in [0, 0.1) is 0 Å². The molecular weight excluding hydrogens is 294 g/mol. The molecule has 1 aromatic rings. The zero-order chi connectivity index (χ0) is 16.0. The molecule has 1 N–H and O–H groups in total. The molecule has 1 heterocycles. The number of hydrogen-bond acceptors (Lipinski definition) is 5. The first-order chi connectivity index (χ1) is 9.73. The van der Waals surface area contributed by atoms with E-state index in [4.69, 9.17) is 0 Å². The van der Waals surface area contributed by atoms with E-state index in [-0.39, 0.29) is 11.9 Å². The second-order valence-electron chi connectivity index (χ2n) is 5.16. The second kappa shape index (κ2) is 7.51. The number of aromatic nitrogens is 3. The third-order valence-electron chi connectivity index (χ3n) is 3.07. The molecule has 0 saturated carbocycles. The highest BCUT2D eigenvalue weighted by Crippen LogP contribution is 2.06. The fourth-order valence-electron chi connectivity index (χ4n) is 1.94. The molecule has 0 aliphatic carbocycles. The first-order valence-electron chi connectivity index (χ1n) is 6.82. The summed E-state index contributed by atoms with van der Waals surface area (Å²) in [6, 6.07) is -0.534. The maximum absolute atomic E-state index is 11.9. The lowest BCUT2D eigenvalue weighted by molar-refractivity contribution is -0.124. The van der Waals surface area contributed by atoms with Gasteiger partial charge in [0.05, 0.1) is 6.26 Å². The minimum atomic E-state index is -3.22. The summed E-state index contributed by atoms with van der Waals surface area (Å²) in [7, 11) is -3.22. The van der Waals surface area contributed by atoms with E-state index in [1.807, 2.05) is 13.8 Å². The molecule has 120 valence electrons. The van der Waals surface area contributed by atoms with Crippen molar-refractivity contribution in [2.24, 2.45) is 0 Å². The molecule has 1 aromatic heterocycles. The molecule has 21 heavy (non-hydrogen) atoms. The summed E-state index contributed by atoms with van der Waals surface area (Å²) >= 11 is 0. The summed E-state index contributed by atoms with van der Waals surface area (Å²) in [5.41, 5.74) is 0. The maximum Gasteiger partial charge on any atom is 0.244 e. The standard InChI is InChI=1S/C12H23N5O3S/c1-10(2)17(21(4,19)20)7-5-6-14-12(18)11(3)16-9-13-8-15-16/h8-11H,5-7H2,1-4H3,(H,14,18). The Morgan fingerprint density at radius 1 is 1.38 bits per heavy atom. The zero-order valence-electron chi connectivity index (χ0n) is 12.9. The van der Waals surface area contributed by atoms with Gasteiger partial charge in [0.15, 0.2) is 0 Å². The molecule has 0 radical (unpaired) electrons. The first-order valence-corrected chi connectivity index (χ1v) is 8.67. The molecule has 0 aliphatic rings. The average molecular weight is 317 g/mol. The highest BCUT2D eigenvalue weighted by atomic mass is 32.2. The van der Waals surface area contributed by atoms with Gasteiger partial charge in [-0.25, -0.2) is 18.1 Å². The van der Waals surface area contributed by atoms with Crippen molar-refractivity contribution in [3.8, 4) is 0 Å². The normalized spacial score (nSPS) is 13.6. The van der Waals surface area contributed by atoms with Gasteiger partial charge in [-0.2, -0.15) is 9.40 Å². The number of carbonyl (C=O) groups excluding carboxylic acids is 1. The lowest BCUT2D eigenvalue weighted by Crippen LogP contribution is -2.39. The van der Waals surface area contributed by atoms with Crippen molar-refractivity contribution in [2.75, 3.05) is 19.3 Å². The molecule has 1 amide bonds. The number of amides is 1. The third kappa shape index (κ3) is 5.43. The Bertz CT molecular complexity index is 541. The van der Waals surface area contributed by atoms with Gasteiger partial charge >= 0.3 is 0 Å². The number of nitrogens with one attached hydrogen (secondary N) is 1. The first kappa shape index (κ1) is 17.6. The van der Waals surface area contributed by atoms with Gasteiger partial charge in [0.1, 0.15) is 18.7 Å². The zero-order valence-corrected chi connectivity index (χ0v) is 13.7. The van der Waals surface area contributed by atoms with Crippen LogP contribution < -0.4 is 5.32 Å². The summed E-state index contributed by atoms with van der Waals surface area (Å²) in [4.78, 5) is 15.7. The SMILES string of the molecule is CC(C)N(CCCNC(=O)C(C)n1cncn1)S(C)(=O)=O. The largest absolute Gasteiger partial charge is 0.354 e. The lowest BCUT2D eigenvalue weighted by atomic mass is 10.3. The van der Waals surface area contributed by atoms with Crippen LogP contribution in [0.1, 0.15) is 33.2 Å². The van der Waals surface area contributed by atoms with Crippen molar-refractivity contribution in [1.29, 1.82) is 0 Å². The molecule has 1 atom stereocenters. The molecule has 0 aliphatic heterocycles. The highest BCUT2D eigenvalue weighted by molar-refractivity contribution is 7.88. The van der Waals surface area contributed by atoms with Gasteiger partial charge in [-0.15, -0.1) is 0 Å². The Morgan fingerprint density at radius 3 is 2.52 bits per heavy atom. The molecule has 0 aromatic carbocycles. The van der Waals surface area contributed by atoms with E-state index < -0.39 is 16.1 Å². The number of carbonyl (C=O) groups is 1. The van der Waals surface area contributed by atoms with E-state index in [2.05, 4.69) is 15.4 Å². The summed E-state index contributed by atoms with van der Waals surface area (Å²) < 4.78 is 26.1.